The van der Waals surface area contributed by atoms with Crippen LogP contribution in [0.5, 0.6) is 0 Å². The van der Waals surface area contributed by atoms with E-state index in [2.05, 4.69) is 5.32 Å². The molecular formula is C29H36N2O6. The standard InChI is InChI=1S/C29H36N2O6/c1-28(2,3)37-27(35)30-24-16-6-5-11-17-31(24)29(4,25(32)33)26(34)36-18-23-21-14-9-7-12-19(21)20-13-8-10-15-22(20)23/h7-10,12-15,23-24H,5-6,11,16-18H2,1-4H3,(H,30,35)(H,32,33)/t24-,29?/m0/s1. The van der Waals surface area contributed by atoms with Crippen molar-refractivity contribution >= 4 is 18.0 Å². The molecule has 1 heterocycles. The maximum absolute atomic E-state index is 13.6. The van der Waals surface area contributed by atoms with Crippen molar-refractivity contribution in [2.24, 2.45) is 0 Å². The highest BCUT2D eigenvalue weighted by molar-refractivity contribution is 6.03. The van der Waals surface area contributed by atoms with Crippen LogP contribution in [0.25, 0.3) is 11.1 Å². The van der Waals surface area contributed by atoms with Gasteiger partial charge in [0, 0.05) is 12.5 Å². The molecule has 0 spiro atoms. The number of nitrogens with one attached hydrogen (secondary N) is 1. The largest absolute Gasteiger partial charge is 0.479 e. The Kier molecular flexibility index (Phi) is 7.59. The molecule has 1 aliphatic carbocycles. The molecule has 8 heteroatoms. The number of carbonyl (C=O) groups is 3. The van der Waals surface area contributed by atoms with Crippen molar-refractivity contribution in [2.45, 2.75) is 76.6 Å². The molecule has 2 aliphatic rings. The van der Waals surface area contributed by atoms with Crippen molar-refractivity contribution in [3.05, 3.63) is 59.7 Å². The van der Waals surface area contributed by atoms with Crippen molar-refractivity contribution < 1.29 is 29.0 Å². The second-order valence-electron chi connectivity index (χ2n) is 10.9. The van der Waals surface area contributed by atoms with Crippen LogP contribution in [0.4, 0.5) is 4.79 Å². The van der Waals surface area contributed by atoms with Gasteiger partial charge in [0.05, 0.1) is 6.17 Å². The van der Waals surface area contributed by atoms with Crippen molar-refractivity contribution in [3.63, 3.8) is 0 Å². The molecule has 37 heavy (non-hydrogen) atoms. The maximum atomic E-state index is 13.6. The zero-order chi connectivity index (χ0) is 26.8. The van der Waals surface area contributed by atoms with Crippen LogP contribution < -0.4 is 5.32 Å². The van der Waals surface area contributed by atoms with Gasteiger partial charge in [0.15, 0.2) is 0 Å². The van der Waals surface area contributed by atoms with Gasteiger partial charge in [-0.25, -0.2) is 14.4 Å². The highest BCUT2D eigenvalue weighted by Gasteiger charge is 2.52. The molecule has 198 valence electrons. The van der Waals surface area contributed by atoms with Gasteiger partial charge in [-0.05, 0) is 69.2 Å². The molecule has 2 aromatic rings. The van der Waals surface area contributed by atoms with E-state index in [0.29, 0.717) is 19.4 Å². The Hall–Kier alpha value is -3.39. The normalized spacial score (nSPS) is 19.6. The monoisotopic (exact) mass is 508 g/mol. The highest BCUT2D eigenvalue weighted by atomic mass is 16.6. The fourth-order valence-electron chi connectivity index (χ4n) is 5.30. The van der Waals surface area contributed by atoms with Gasteiger partial charge in [0.2, 0.25) is 5.54 Å². The summed E-state index contributed by atoms with van der Waals surface area (Å²) < 4.78 is 11.2. The van der Waals surface area contributed by atoms with Crippen LogP contribution in [0, 0.1) is 0 Å². The Morgan fingerprint density at radius 2 is 1.54 bits per heavy atom. The summed E-state index contributed by atoms with van der Waals surface area (Å²) in [4.78, 5) is 40.3. The molecule has 2 aromatic carbocycles. The molecule has 0 saturated carbocycles. The summed E-state index contributed by atoms with van der Waals surface area (Å²) >= 11 is 0. The summed E-state index contributed by atoms with van der Waals surface area (Å²) in [6, 6.07) is 16.0. The number of aliphatic carboxylic acids is 1. The highest BCUT2D eigenvalue weighted by Crippen LogP contribution is 2.44. The van der Waals surface area contributed by atoms with E-state index in [1.54, 1.807) is 25.7 Å². The topological polar surface area (TPSA) is 105 Å². The van der Waals surface area contributed by atoms with Gasteiger partial charge in [-0.15, -0.1) is 0 Å². The van der Waals surface area contributed by atoms with Gasteiger partial charge in [-0.2, -0.15) is 0 Å². The summed E-state index contributed by atoms with van der Waals surface area (Å²) in [5, 5.41) is 13.1. The predicted molar refractivity (Wildman–Crippen MR) is 139 cm³/mol. The lowest BCUT2D eigenvalue weighted by Crippen LogP contribution is -2.65. The third-order valence-corrected chi connectivity index (χ3v) is 7.17. The third-order valence-electron chi connectivity index (χ3n) is 7.17. The number of amides is 1. The molecule has 0 bridgehead atoms. The minimum atomic E-state index is -1.98. The number of nitrogens with zero attached hydrogens (tertiary/aromatic N) is 1. The number of carbonyl (C=O) groups excluding carboxylic acids is 2. The van der Waals surface area contributed by atoms with Crippen LogP contribution in [0.15, 0.2) is 48.5 Å². The van der Waals surface area contributed by atoms with Crippen molar-refractivity contribution in [2.75, 3.05) is 13.2 Å². The Morgan fingerprint density at radius 1 is 0.946 bits per heavy atom. The Morgan fingerprint density at radius 3 is 2.11 bits per heavy atom. The van der Waals surface area contributed by atoms with Gasteiger partial charge < -0.3 is 19.9 Å². The molecule has 0 radical (unpaired) electrons. The first-order chi connectivity index (χ1) is 17.5. The number of alkyl carbamates (subject to hydrolysis) is 1. The lowest BCUT2D eigenvalue weighted by atomic mass is 9.96. The number of esters is 1. The minimum Gasteiger partial charge on any atom is -0.479 e. The molecule has 1 aliphatic heterocycles. The van der Waals surface area contributed by atoms with Gasteiger partial charge >= 0.3 is 18.0 Å². The van der Waals surface area contributed by atoms with Crippen molar-refractivity contribution in [1.82, 2.24) is 10.2 Å². The lowest BCUT2D eigenvalue weighted by Gasteiger charge is -2.40. The Bertz CT molecular complexity index is 1130. The predicted octanol–water partition coefficient (Wildman–Crippen LogP) is 4.91. The number of fused-ring (bicyclic) bond motifs is 3. The van der Waals surface area contributed by atoms with Gasteiger partial charge in [-0.1, -0.05) is 55.0 Å². The van der Waals surface area contributed by atoms with Gasteiger partial charge in [0.25, 0.3) is 0 Å². The average molecular weight is 509 g/mol. The van der Waals surface area contributed by atoms with Crippen LogP contribution in [0.1, 0.15) is 70.4 Å². The second-order valence-corrected chi connectivity index (χ2v) is 10.9. The van der Waals surface area contributed by atoms with E-state index in [1.165, 1.54) is 6.92 Å². The first-order valence-corrected chi connectivity index (χ1v) is 12.9. The fraction of sp³-hybridized carbons (Fsp3) is 0.483. The van der Waals surface area contributed by atoms with E-state index in [0.717, 1.165) is 35.1 Å². The molecule has 1 unspecified atom stereocenters. The number of carboxylic acid groups (broad SMARTS) is 1. The number of benzene rings is 2. The summed E-state index contributed by atoms with van der Waals surface area (Å²) in [7, 11) is 0. The minimum absolute atomic E-state index is 0.0216. The van der Waals surface area contributed by atoms with E-state index < -0.39 is 35.3 Å². The fourth-order valence-corrected chi connectivity index (χ4v) is 5.30. The summed E-state index contributed by atoms with van der Waals surface area (Å²) in [5.41, 5.74) is 1.59. The molecule has 8 nitrogen and oxygen atoms in total. The summed E-state index contributed by atoms with van der Waals surface area (Å²) in [6.45, 7) is 6.99. The molecule has 4 rings (SSSR count). The molecule has 1 fully saturated rings. The van der Waals surface area contributed by atoms with Crippen LogP contribution in [0.2, 0.25) is 0 Å². The van der Waals surface area contributed by atoms with Crippen LogP contribution in [0.3, 0.4) is 0 Å². The number of rotatable bonds is 6. The first kappa shape index (κ1) is 26.7. The Labute approximate surface area is 217 Å². The van der Waals surface area contributed by atoms with E-state index in [9.17, 15) is 19.5 Å². The van der Waals surface area contributed by atoms with Gasteiger partial charge in [0.1, 0.15) is 12.2 Å². The third kappa shape index (κ3) is 5.49. The molecule has 0 aromatic heterocycles. The zero-order valence-corrected chi connectivity index (χ0v) is 22.0. The maximum Gasteiger partial charge on any atom is 0.408 e. The first-order valence-electron chi connectivity index (χ1n) is 12.9. The quantitative estimate of drug-likeness (QED) is 0.422. The lowest BCUT2D eigenvalue weighted by molar-refractivity contribution is -0.173. The van der Waals surface area contributed by atoms with Crippen LogP contribution in [-0.2, 0) is 19.1 Å². The second kappa shape index (κ2) is 10.5. The van der Waals surface area contributed by atoms with Gasteiger partial charge in [-0.3, -0.25) is 4.90 Å². The number of likely N-dealkylation sites (tertiary alicyclic amines) is 1. The molecule has 1 saturated heterocycles. The summed E-state index contributed by atoms with van der Waals surface area (Å²) in [5.74, 6) is -2.35. The van der Waals surface area contributed by atoms with Crippen LogP contribution >= 0.6 is 0 Å². The van der Waals surface area contributed by atoms with E-state index in [4.69, 9.17) is 9.47 Å². The van der Waals surface area contributed by atoms with Crippen molar-refractivity contribution in [3.8, 4) is 11.1 Å². The zero-order valence-electron chi connectivity index (χ0n) is 22.0. The summed E-state index contributed by atoms with van der Waals surface area (Å²) in [6.07, 6.45) is 1.52. The number of carboxylic acids is 1. The van der Waals surface area contributed by atoms with Crippen LogP contribution in [-0.4, -0.2) is 58.5 Å². The van der Waals surface area contributed by atoms with E-state index in [1.807, 2.05) is 48.5 Å². The molecule has 2 N–H and O–H groups in total. The molecule has 1 amide bonds. The Balaban J connectivity index is 1.56. The number of hydrogen-bond acceptors (Lipinski definition) is 6. The van der Waals surface area contributed by atoms with Crippen molar-refractivity contribution in [1.29, 1.82) is 0 Å². The van der Waals surface area contributed by atoms with E-state index in [-0.39, 0.29) is 12.5 Å². The SMILES string of the molecule is CC(C)(C)OC(=O)N[C@@H]1CCCCCN1C(C)(C(=O)O)C(=O)OCC1c2ccccc2-c2ccccc21. The number of hydrogen-bond donors (Lipinski definition) is 2. The average Bonchev–Trinajstić information content (AvgIpc) is 2.97. The number of ether oxygens (including phenoxy) is 2. The smallest absolute Gasteiger partial charge is 0.408 e. The molecule has 2 atom stereocenters. The van der Waals surface area contributed by atoms with E-state index >= 15 is 0 Å². The molecular weight excluding hydrogens is 472 g/mol.